The Bertz CT molecular complexity index is 2390. The molecule has 1 atom stereocenters. The van der Waals surface area contributed by atoms with Crippen LogP contribution in [0.1, 0.15) is 87.4 Å². The molecule has 0 radical (unpaired) electrons. The second-order valence-electron chi connectivity index (χ2n) is 13.6. The van der Waals surface area contributed by atoms with Crippen molar-refractivity contribution in [3.8, 4) is 23.0 Å². The van der Waals surface area contributed by atoms with E-state index < -0.39 is 75.7 Å². The van der Waals surface area contributed by atoms with E-state index >= 15 is 0 Å². The molecule has 5 aromatic rings. The molecule has 0 saturated carbocycles. The Morgan fingerprint density at radius 2 is 1.71 bits per heavy atom. The monoisotopic (exact) mass is 788 g/mol. The van der Waals surface area contributed by atoms with E-state index in [1.165, 1.54) is 10.6 Å². The highest BCUT2D eigenvalue weighted by Crippen LogP contribution is 2.44. The topological polar surface area (TPSA) is 136 Å². The van der Waals surface area contributed by atoms with E-state index in [1.54, 1.807) is 24.3 Å². The van der Waals surface area contributed by atoms with E-state index in [1.807, 2.05) is 34.6 Å². The Morgan fingerprint density at radius 1 is 1.02 bits per heavy atom. The maximum Gasteiger partial charge on any atom is 0.290 e. The maximum atomic E-state index is 14.9. The van der Waals surface area contributed by atoms with Gasteiger partial charge in [0, 0.05) is 40.8 Å². The summed E-state index contributed by atoms with van der Waals surface area (Å²) in [5, 5.41) is 14.5. The molecule has 4 heterocycles. The van der Waals surface area contributed by atoms with Crippen LogP contribution in [0.3, 0.4) is 0 Å². The molecule has 11 nitrogen and oxygen atoms in total. The first-order chi connectivity index (χ1) is 25.8. The summed E-state index contributed by atoms with van der Waals surface area (Å²) in [5.74, 6) is -0.349. The Kier molecular flexibility index (Phi) is 11.7. The van der Waals surface area contributed by atoms with Gasteiger partial charge >= 0.3 is 0 Å². The highest BCUT2D eigenvalue weighted by Gasteiger charge is 2.46. The van der Waals surface area contributed by atoms with Crippen molar-refractivity contribution in [1.29, 1.82) is 0 Å². The number of carbonyl (C=O) groups is 1. The van der Waals surface area contributed by atoms with Crippen LogP contribution in [0.2, 0.25) is 0 Å². The first-order valence-corrected chi connectivity index (χ1v) is 19.0. The molecule has 1 aliphatic rings. The molecule has 0 saturated heterocycles. The Hall–Kier alpha value is -5.44. The molecule has 292 valence electrons. The molecule has 2 N–H and O–H groups in total. The lowest BCUT2D eigenvalue weighted by molar-refractivity contribution is -0.122. The normalized spacial score (nSPS) is 14.1. The molecule has 1 aliphatic carbocycles. The number of benzene rings is 1. The van der Waals surface area contributed by atoms with Crippen LogP contribution in [0.15, 0.2) is 48.7 Å². The summed E-state index contributed by atoms with van der Waals surface area (Å²) in [7, 11) is -3.76. The predicted octanol–water partition coefficient (Wildman–Crippen LogP) is 7.14. The van der Waals surface area contributed by atoms with Crippen LogP contribution >= 0.6 is 0 Å². The molecule has 0 unspecified atom stereocenters. The Balaban J connectivity index is 0.00000285. The van der Waals surface area contributed by atoms with Crippen LogP contribution in [0, 0.1) is 28.9 Å². The zero-order chi connectivity index (χ0) is 40.5. The summed E-state index contributed by atoms with van der Waals surface area (Å²) in [6, 6.07) is 7.91. The summed E-state index contributed by atoms with van der Waals surface area (Å²) in [6.45, 7) is 8.73. The summed E-state index contributed by atoms with van der Waals surface area (Å²) < 4.78 is 114. The highest BCUT2D eigenvalue weighted by molar-refractivity contribution is 7.92. The number of anilines is 1. The van der Waals surface area contributed by atoms with Crippen molar-refractivity contribution in [1.82, 2.24) is 34.7 Å². The smallest absolute Gasteiger partial charge is 0.290 e. The average molecular weight is 789 g/mol. The van der Waals surface area contributed by atoms with E-state index in [2.05, 4.69) is 37.2 Å². The van der Waals surface area contributed by atoms with Crippen LogP contribution in [0.5, 0.6) is 0 Å². The van der Waals surface area contributed by atoms with Gasteiger partial charge in [0.25, 0.3) is 12.3 Å². The number of hydrogen-bond acceptors (Lipinski definition) is 7. The number of aromatic nitrogens is 6. The number of amides is 1. The number of halogens is 6. The lowest BCUT2D eigenvalue weighted by Crippen LogP contribution is -2.35. The Morgan fingerprint density at radius 3 is 2.35 bits per heavy atom. The van der Waals surface area contributed by atoms with Crippen molar-refractivity contribution >= 4 is 27.5 Å². The molecule has 1 aromatic carbocycles. The molecule has 55 heavy (non-hydrogen) atoms. The van der Waals surface area contributed by atoms with Gasteiger partial charge in [-0.2, -0.15) is 13.9 Å². The number of hydrogen-bond donors (Lipinski definition) is 2. The SMILES string of the molecule is CC.CC(C)(C)C#Cc1ccc(-c2cccn3c(NS(C)(=O)=O)nnc23)c([C@H](Cc2cc(F)cc(F)c2)NC(=O)Cn2nc(C(F)F)c3c2C(F)(F)CC3)n1. The molecule has 0 bridgehead atoms. The van der Waals surface area contributed by atoms with Crippen molar-refractivity contribution in [2.45, 2.75) is 78.8 Å². The number of pyridine rings is 2. The summed E-state index contributed by atoms with van der Waals surface area (Å²) in [6.07, 6.45) is -2.07. The standard InChI is InChI=1S/C35H32F6N8O3S.C2H6/c1-34(2,3)11-9-22-7-8-23(24-6-5-13-48-32(24)44-45-33(48)47-53(4,51)52)28(42-22)26(16-19-14-20(36)17-21(37)15-19)43-27(50)18-49-30-25(10-12-35(30,40)41)29(46-49)31(38)39;1-2/h5-8,13-15,17,26,31H,10,12,16,18H2,1-4H3,(H,43,50)(H,45,47);1-2H3/t26-;/m0./s1. The molecular weight excluding hydrogens is 751 g/mol. The summed E-state index contributed by atoms with van der Waals surface area (Å²) >= 11 is 0. The van der Waals surface area contributed by atoms with Crippen molar-refractivity contribution in [3.05, 3.63) is 94.2 Å². The van der Waals surface area contributed by atoms with E-state index in [0.29, 0.717) is 21.9 Å². The number of fused-ring (bicyclic) bond motifs is 2. The number of nitrogens with zero attached hydrogens (tertiary/aromatic N) is 6. The number of rotatable bonds is 10. The van der Waals surface area contributed by atoms with Gasteiger partial charge in [0.1, 0.15) is 35.3 Å². The third-order valence-corrected chi connectivity index (χ3v) is 8.69. The number of carbonyl (C=O) groups excluding carboxylic acids is 1. The second kappa shape index (κ2) is 15.7. The van der Waals surface area contributed by atoms with Gasteiger partial charge in [-0.1, -0.05) is 19.8 Å². The third-order valence-electron chi connectivity index (χ3n) is 8.14. The van der Waals surface area contributed by atoms with E-state index in [-0.39, 0.29) is 47.0 Å². The quantitative estimate of drug-likeness (QED) is 0.114. The Labute approximate surface area is 313 Å². The second-order valence-corrected chi connectivity index (χ2v) is 15.4. The van der Waals surface area contributed by atoms with Crippen molar-refractivity contribution in [3.63, 3.8) is 0 Å². The summed E-state index contributed by atoms with van der Waals surface area (Å²) in [5.41, 5.74) is -1.15. The largest absolute Gasteiger partial charge is 0.346 e. The van der Waals surface area contributed by atoms with Crippen LogP contribution in [-0.4, -0.2) is 49.9 Å². The predicted molar refractivity (Wildman–Crippen MR) is 193 cm³/mol. The molecule has 1 amide bonds. The lowest BCUT2D eigenvalue weighted by atomic mass is 9.94. The van der Waals surface area contributed by atoms with Gasteiger partial charge in [-0.05, 0) is 81.5 Å². The number of alkyl halides is 4. The fourth-order valence-electron chi connectivity index (χ4n) is 6.07. The van der Waals surface area contributed by atoms with Gasteiger partial charge in [-0.15, -0.1) is 10.2 Å². The van der Waals surface area contributed by atoms with E-state index in [4.69, 9.17) is 4.98 Å². The van der Waals surface area contributed by atoms with Gasteiger partial charge in [0.15, 0.2) is 5.65 Å². The molecule has 4 aromatic heterocycles. The minimum Gasteiger partial charge on any atom is -0.346 e. The van der Waals surface area contributed by atoms with Gasteiger partial charge < -0.3 is 5.32 Å². The van der Waals surface area contributed by atoms with Crippen LogP contribution in [0.4, 0.5) is 32.3 Å². The number of sulfonamides is 1. The average Bonchev–Trinajstić information content (AvgIpc) is 3.76. The molecule has 0 aliphatic heterocycles. The fourth-order valence-corrected chi connectivity index (χ4v) is 6.54. The molecule has 0 spiro atoms. The van der Waals surface area contributed by atoms with E-state index in [0.717, 1.165) is 18.4 Å². The van der Waals surface area contributed by atoms with Gasteiger partial charge in [-0.25, -0.2) is 31.0 Å². The third kappa shape index (κ3) is 9.45. The zero-order valence-electron chi connectivity index (χ0n) is 30.7. The van der Waals surface area contributed by atoms with Crippen molar-refractivity contribution < 1.29 is 39.6 Å². The van der Waals surface area contributed by atoms with Crippen LogP contribution < -0.4 is 10.0 Å². The van der Waals surface area contributed by atoms with Crippen LogP contribution in [-0.2, 0) is 40.1 Å². The number of nitrogens with one attached hydrogen (secondary N) is 2. The first kappa shape index (κ1) is 40.7. The van der Waals surface area contributed by atoms with Crippen LogP contribution in [0.25, 0.3) is 16.8 Å². The van der Waals surface area contributed by atoms with Crippen molar-refractivity contribution in [2.75, 3.05) is 11.0 Å². The fraction of sp³-hybridized carbons (Fsp3) is 0.378. The highest BCUT2D eigenvalue weighted by atomic mass is 32.2. The first-order valence-electron chi connectivity index (χ1n) is 17.1. The van der Waals surface area contributed by atoms with Gasteiger partial charge in [-0.3, -0.25) is 18.6 Å². The molecular formula is C37H38F6N8O3S. The molecule has 6 rings (SSSR count). The van der Waals surface area contributed by atoms with E-state index in [9.17, 15) is 39.6 Å². The zero-order valence-corrected chi connectivity index (χ0v) is 31.5. The van der Waals surface area contributed by atoms with Gasteiger partial charge in [0.2, 0.25) is 21.9 Å². The maximum absolute atomic E-state index is 14.9. The molecule has 18 heteroatoms. The van der Waals surface area contributed by atoms with Gasteiger partial charge in [0.05, 0.1) is 18.0 Å². The summed E-state index contributed by atoms with van der Waals surface area (Å²) in [4.78, 5) is 18.5. The molecule has 0 fully saturated rings. The van der Waals surface area contributed by atoms with Crippen molar-refractivity contribution in [2.24, 2.45) is 5.41 Å². The minimum atomic E-state index is -3.76. The minimum absolute atomic E-state index is 0.0820. The lowest BCUT2D eigenvalue weighted by Gasteiger charge is -2.23.